The molecule has 154 valence electrons. The summed E-state index contributed by atoms with van der Waals surface area (Å²) in [4.78, 5) is 16.6. The predicted octanol–water partition coefficient (Wildman–Crippen LogP) is 1.75. The number of benzene rings is 1. The van der Waals surface area contributed by atoms with Gasteiger partial charge in [0.05, 0.1) is 28.4 Å². The standard InChI is InChI=1S/C19H28N4O4S/c1-3-23(4-2)28(25,26)16-7-8-18-17(12-16)21-14-22(18)10-9-19(24)20-13-15-6-5-11-27-15/h7-8,12,14-15H,3-6,9-11,13H2,1-2H3,(H,20,24)/t15-/m1/s1. The molecule has 2 aromatic rings. The second kappa shape index (κ2) is 9.02. The summed E-state index contributed by atoms with van der Waals surface area (Å²) in [5, 5.41) is 2.91. The highest BCUT2D eigenvalue weighted by Crippen LogP contribution is 2.21. The van der Waals surface area contributed by atoms with Gasteiger partial charge >= 0.3 is 0 Å². The predicted molar refractivity (Wildman–Crippen MR) is 106 cm³/mol. The second-order valence-corrected chi connectivity index (χ2v) is 8.80. The molecule has 8 nitrogen and oxygen atoms in total. The Morgan fingerprint density at radius 2 is 2.14 bits per heavy atom. The number of aromatic nitrogens is 2. The third-order valence-corrected chi connectivity index (χ3v) is 7.11. The number of hydrogen-bond donors (Lipinski definition) is 1. The fourth-order valence-corrected chi connectivity index (χ4v) is 4.92. The molecule has 0 unspecified atom stereocenters. The maximum atomic E-state index is 12.7. The van der Waals surface area contributed by atoms with Gasteiger partial charge in [0.2, 0.25) is 15.9 Å². The van der Waals surface area contributed by atoms with Gasteiger partial charge in [0.25, 0.3) is 0 Å². The first kappa shape index (κ1) is 20.8. The van der Waals surface area contributed by atoms with Gasteiger partial charge in [-0.3, -0.25) is 4.79 Å². The number of carbonyl (C=O) groups excluding carboxylic acids is 1. The molecular weight excluding hydrogens is 380 g/mol. The highest BCUT2D eigenvalue weighted by atomic mass is 32.2. The van der Waals surface area contributed by atoms with E-state index < -0.39 is 10.0 Å². The maximum Gasteiger partial charge on any atom is 0.243 e. The van der Waals surface area contributed by atoms with Crippen molar-refractivity contribution in [2.45, 2.75) is 50.7 Å². The molecule has 28 heavy (non-hydrogen) atoms. The van der Waals surface area contributed by atoms with Gasteiger partial charge in [-0.2, -0.15) is 4.31 Å². The lowest BCUT2D eigenvalue weighted by molar-refractivity contribution is -0.121. The summed E-state index contributed by atoms with van der Waals surface area (Å²) >= 11 is 0. The molecule has 1 fully saturated rings. The van der Waals surface area contributed by atoms with E-state index in [-0.39, 0.29) is 16.9 Å². The van der Waals surface area contributed by atoms with Gasteiger partial charge in [-0.25, -0.2) is 13.4 Å². The van der Waals surface area contributed by atoms with Crippen molar-refractivity contribution in [2.24, 2.45) is 0 Å². The van der Waals surface area contributed by atoms with Crippen LogP contribution in [-0.2, 0) is 26.1 Å². The molecule has 0 bridgehead atoms. The average Bonchev–Trinajstić information content (AvgIpc) is 3.34. The van der Waals surface area contributed by atoms with Crippen molar-refractivity contribution >= 4 is 27.0 Å². The molecule has 1 aliphatic heterocycles. The molecule has 0 saturated carbocycles. The molecule has 0 radical (unpaired) electrons. The monoisotopic (exact) mass is 408 g/mol. The maximum absolute atomic E-state index is 12.7. The number of ether oxygens (including phenoxy) is 1. The molecule has 3 rings (SSSR count). The summed E-state index contributed by atoms with van der Waals surface area (Å²) in [6, 6.07) is 4.95. The summed E-state index contributed by atoms with van der Waals surface area (Å²) < 4.78 is 34.1. The Balaban J connectivity index is 1.64. The quantitative estimate of drug-likeness (QED) is 0.682. The highest BCUT2D eigenvalue weighted by molar-refractivity contribution is 7.89. The van der Waals surface area contributed by atoms with Crippen molar-refractivity contribution < 1.29 is 17.9 Å². The van der Waals surface area contributed by atoms with E-state index in [2.05, 4.69) is 10.3 Å². The lowest BCUT2D eigenvalue weighted by Crippen LogP contribution is -2.32. The molecule has 1 N–H and O–H groups in total. The van der Waals surface area contributed by atoms with Crippen LogP contribution in [0.15, 0.2) is 29.4 Å². The number of imidazole rings is 1. The molecule has 1 aliphatic rings. The van der Waals surface area contributed by atoms with Crippen LogP contribution in [0.1, 0.15) is 33.1 Å². The molecule has 9 heteroatoms. The van der Waals surface area contributed by atoms with Gasteiger partial charge in [-0.15, -0.1) is 0 Å². The third-order valence-electron chi connectivity index (χ3n) is 5.07. The van der Waals surface area contributed by atoms with E-state index in [1.54, 1.807) is 24.5 Å². The molecule has 1 saturated heterocycles. The van der Waals surface area contributed by atoms with E-state index in [0.717, 1.165) is 25.0 Å². The zero-order valence-electron chi connectivity index (χ0n) is 16.4. The SMILES string of the molecule is CCN(CC)S(=O)(=O)c1ccc2c(c1)ncn2CCC(=O)NC[C@H]1CCCO1. The Bertz CT molecular complexity index is 915. The highest BCUT2D eigenvalue weighted by Gasteiger charge is 2.22. The van der Waals surface area contributed by atoms with Crippen LogP contribution in [0.3, 0.4) is 0 Å². The van der Waals surface area contributed by atoms with Gasteiger partial charge in [0.1, 0.15) is 0 Å². The van der Waals surface area contributed by atoms with Crippen molar-refractivity contribution in [3.8, 4) is 0 Å². The first-order valence-corrected chi connectivity index (χ1v) is 11.2. The molecular formula is C19H28N4O4S. The number of nitrogens with one attached hydrogen (secondary N) is 1. The molecule has 0 spiro atoms. The number of sulfonamides is 1. The molecule has 1 aromatic heterocycles. The van der Waals surface area contributed by atoms with E-state index in [1.807, 2.05) is 18.4 Å². The fraction of sp³-hybridized carbons (Fsp3) is 0.579. The van der Waals surface area contributed by atoms with Gasteiger partial charge < -0.3 is 14.6 Å². The number of aryl methyl sites for hydroxylation is 1. The van der Waals surface area contributed by atoms with Crippen molar-refractivity contribution in [1.29, 1.82) is 0 Å². The third kappa shape index (κ3) is 4.53. The fourth-order valence-electron chi connectivity index (χ4n) is 3.44. The zero-order valence-corrected chi connectivity index (χ0v) is 17.2. The molecule has 0 aliphatic carbocycles. The van der Waals surface area contributed by atoms with E-state index >= 15 is 0 Å². The van der Waals surface area contributed by atoms with Crippen LogP contribution >= 0.6 is 0 Å². The van der Waals surface area contributed by atoms with E-state index in [1.165, 1.54) is 4.31 Å². The minimum Gasteiger partial charge on any atom is -0.376 e. The first-order chi connectivity index (χ1) is 13.5. The Morgan fingerprint density at radius 1 is 1.36 bits per heavy atom. The summed E-state index contributed by atoms with van der Waals surface area (Å²) in [6.07, 6.45) is 4.14. The molecule has 2 heterocycles. The molecule has 1 atom stereocenters. The number of fused-ring (bicyclic) bond motifs is 1. The summed E-state index contributed by atoms with van der Waals surface area (Å²) in [7, 11) is -3.52. The summed E-state index contributed by atoms with van der Waals surface area (Å²) in [6.45, 7) is 6.29. The molecule has 1 amide bonds. The van der Waals surface area contributed by atoms with Crippen LogP contribution < -0.4 is 5.32 Å². The average molecular weight is 409 g/mol. The topological polar surface area (TPSA) is 93.5 Å². The van der Waals surface area contributed by atoms with Crippen molar-refractivity contribution in [2.75, 3.05) is 26.2 Å². The van der Waals surface area contributed by atoms with Crippen molar-refractivity contribution in [3.63, 3.8) is 0 Å². The lowest BCUT2D eigenvalue weighted by Gasteiger charge is -2.18. The van der Waals surface area contributed by atoms with Crippen LogP contribution in [0.25, 0.3) is 11.0 Å². The number of amides is 1. The van der Waals surface area contributed by atoms with Gasteiger partial charge in [-0.1, -0.05) is 13.8 Å². The number of rotatable bonds is 9. The van der Waals surface area contributed by atoms with E-state index in [9.17, 15) is 13.2 Å². The Labute approximate surface area is 165 Å². The van der Waals surface area contributed by atoms with Gasteiger partial charge in [0.15, 0.2) is 0 Å². The van der Waals surface area contributed by atoms with Gasteiger partial charge in [-0.05, 0) is 31.0 Å². The van der Waals surface area contributed by atoms with E-state index in [0.29, 0.717) is 38.1 Å². The van der Waals surface area contributed by atoms with E-state index in [4.69, 9.17) is 4.74 Å². The first-order valence-electron chi connectivity index (χ1n) is 9.79. The molecule has 1 aromatic carbocycles. The van der Waals surface area contributed by atoms with Crippen molar-refractivity contribution in [1.82, 2.24) is 19.2 Å². The Kier molecular flexibility index (Phi) is 6.69. The minimum atomic E-state index is -3.52. The Hall–Kier alpha value is -1.97. The van der Waals surface area contributed by atoms with Gasteiger partial charge in [0, 0.05) is 39.2 Å². The van der Waals surface area contributed by atoms with Crippen molar-refractivity contribution in [3.05, 3.63) is 24.5 Å². The zero-order chi connectivity index (χ0) is 20.1. The van der Waals surface area contributed by atoms with Crippen LogP contribution in [0.4, 0.5) is 0 Å². The summed E-state index contributed by atoms with van der Waals surface area (Å²) in [5.41, 5.74) is 1.42. The normalized spacial score (nSPS) is 17.5. The number of nitrogens with zero attached hydrogens (tertiary/aromatic N) is 3. The minimum absolute atomic E-state index is 0.0296. The summed E-state index contributed by atoms with van der Waals surface area (Å²) in [5.74, 6) is -0.0296. The number of hydrogen-bond acceptors (Lipinski definition) is 5. The smallest absolute Gasteiger partial charge is 0.243 e. The van der Waals surface area contributed by atoms with Crippen LogP contribution in [-0.4, -0.2) is 60.5 Å². The lowest BCUT2D eigenvalue weighted by atomic mass is 10.2. The van der Waals surface area contributed by atoms with Crippen LogP contribution in [0.5, 0.6) is 0 Å². The van der Waals surface area contributed by atoms with Crippen LogP contribution in [0.2, 0.25) is 0 Å². The second-order valence-electron chi connectivity index (χ2n) is 6.87. The Morgan fingerprint density at radius 3 is 2.82 bits per heavy atom. The largest absolute Gasteiger partial charge is 0.376 e. The van der Waals surface area contributed by atoms with Crippen LogP contribution in [0, 0.1) is 0 Å². The number of carbonyl (C=O) groups is 1.